The van der Waals surface area contributed by atoms with Crippen molar-refractivity contribution in [3.63, 3.8) is 0 Å². The largest absolute Gasteiger partial charge is 0.457 e. The van der Waals surface area contributed by atoms with Gasteiger partial charge in [-0.25, -0.2) is 0 Å². The minimum atomic E-state index is 0.449. The number of rotatable bonds is 3. The molecule has 2 heterocycles. The molecule has 1 fully saturated rings. The van der Waals surface area contributed by atoms with E-state index in [1.165, 1.54) is 42.6 Å². The predicted molar refractivity (Wildman–Crippen MR) is 109 cm³/mol. The lowest BCUT2D eigenvalue weighted by atomic mass is 9.74. The molecule has 0 bridgehead atoms. The second-order valence-corrected chi connectivity index (χ2v) is 7.75. The summed E-state index contributed by atoms with van der Waals surface area (Å²) in [5.41, 5.74) is 4.13. The van der Waals surface area contributed by atoms with E-state index < -0.39 is 0 Å². The molecule has 0 radical (unpaired) electrons. The summed E-state index contributed by atoms with van der Waals surface area (Å²) in [7, 11) is 0. The van der Waals surface area contributed by atoms with Crippen LogP contribution in [0.25, 0.3) is 0 Å². The molecular weight excluding hydrogens is 330 g/mol. The van der Waals surface area contributed by atoms with Crippen molar-refractivity contribution < 1.29 is 4.74 Å². The van der Waals surface area contributed by atoms with Crippen molar-refractivity contribution in [1.82, 2.24) is 4.90 Å². The van der Waals surface area contributed by atoms with Crippen LogP contribution in [0.5, 0.6) is 11.5 Å². The van der Waals surface area contributed by atoms with Crippen LogP contribution in [-0.4, -0.2) is 18.0 Å². The molecular formula is C25H25NO. The van der Waals surface area contributed by atoms with Gasteiger partial charge in [0.25, 0.3) is 0 Å². The van der Waals surface area contributed by atoms with E-state index in [1.807, 2.05) is 0 Å². The second kappa shape index (κ2) is 7.21. The van der Waals surface area contributed by atoms with Gasteiger partial charge < -0.3 is 4.74 Å². The number of likely N-dealkylation sites (tertiary alicyclic amines) is 1. The lowest BCUT2D eigenvalue weighted by Gasteiger charge is -2.39. The van der Waals surface area contributed by atoms with E-state index in [-0.39, 0.29) is 0 Å². The van der Waals surface area contributed by atoms with Gasteiger partial charge in [-0.2, -0.15) is 0 Å². The van der Waals surface area contributed by atoms with E-state index in [9.17, 15) is 0 Å². The zero-order valence-electron chi connectivity index (χ0n) is 15.6. The maximum atomic E-state index is 6.19. The molecule has 1 saturated heterocycles. The van der Waals surface area contributed by atoms with E-state index in [0.29, 0.717) is 11.8 Å². The molecule has 0 amide bonds. The van der Waals surface area contributed by atoms with Crippen LogP contribution in [0, 0.1) is 5.92 Å². The van der Waals surface area contributed by atoms with Gasteiger partial charge in [0.15, 0.2) is 0 Å². The van der Waals surface area contributed by atoms with Crippen molar-refractivity contribution in [2.75, 3.05) is 13.1 Å². The summed E-state index contributed by atoms with van der Waals surface area (Å²) in [6, 6.07) is 28.0. The van der Waals surface area contributed by atoms with Crippen LogP contribution in [0.3, 0.4) is 0 Å². The molecule has 2 nitrogen and oxygen atoms in total. The van der Waals surface area contributed by atoms with Gasteiger partial charge in [0.1, 0.15) is 11.5 Å². The average Bonchev–Trinajstić information content (AvgIpc) is 2.73. The summed E-state index contributed by atoms with van der Waals surface area (Å²) < 4.78 is 6.19. The smallest absolute Gasteiger partial charge is 0.131 e. The minimum Gasteiger partial charge on any atom is -0.457 e. The lowest BCUT2D eigenvalue weighted by Crippen LogP contribution is -2.36. The number of ether oxygens (including phenoxy) is 1. The van der Waals surface area contributed by atoms with E-state index in [4.69, 9.17) is 4.74 Å². The normalized spacial score (nSPS) is 17.8. The molecule has 0 saturated carbocycles. The van der Waals surface area contributed by atoms with Gasteiger partial charge in [0, 0.05) is 23.6 Å². The van der Waals surface area contributed by atoms with Crippen molar-refractivity contribution >= 4 is 0 Å². The van der Waals surface area contributed by atoms with Gasteiger partial charge in [0.05, 0.1) is 0 Å². The molecule has 0 spiro atoms. The predicted octanol–water partition coefficient (Wildman–Crippen LogP) is 5.84. The molecule has 27 heavy (non-hydrogen) atoms. The van der Waals surface area contributed by atoms with Gasteiger partial charge in [0.2, 0.25) is 0 Å². The van der Waals surface area contributed by atoms with Gasteiger partial charge in [-0.05, 0) is 49.5 Å². The summed E-state index contributed by atoms with van der Waals surface area (Å²) in [5, 5.41) is 0. The fourth-order valence-electron chi connectivity index (χ4n) is 4.74. The summed E-state index contributed by atoms with van der Waals surface area (Å²) in [6.07, 6.45) is 2.47. The van der Waals surface area contributed by atoms with Crippen LogP contribution in [0.1, 0.15) is 35.4 Å². The molecule has 0 unspecified atom stereocenters. The zero-order chi connectivity index (χ0) is 18.1. The lowest BCUT2D eigenvalue weighted by molar-refractivity contribution is 0.166. The summed E-state index contributed by atoms with van der Waals surface area (Å²) >= 11 is 0. The molecule has 2 aliphatic rings. The van der Waals surface area contributed by atoms with Gasteiger partial charge in [-0.1, -0.05) is 66.7 Å². The van der Waals surface area contributed by atoms with Crippen molar-refractivity contribution in [1.29, 1.82) is 0 Å². The highest BCUT2D eigenvalue weighted by atomic mass is 16.5. The van der Waals surface area contributed by atoms with Crippen molar-refractivity contribution in [3.8, 4) is 11.5 Å². The Kier molecular flexibility index (Phi) is 4.43. The Bertz CT molecular complexity index is 867. The van der Waals surface area contributed by atoms with Crippen LogP contribution in [0.15, 0.2) is 78.9 Å². The molecule has 2 aliphatic heterocycles. The fraction of sp³-hybridized carbons (Fsp3) is 0.280. The standard InChI is InChI=1S/C25H25NO/c1-2-8-19(9-3-1)18-26-16-14-20(15-17-26)25-21-10-4-6-12-23(21)27-24-13-7-5-11-22(24)25/h1-13,20,25H,14-18H2. The van der Waals surface area contributed by atoms with Crippen molar-refractivity contribution in [2.45, 2.75) is 25.3 Å². The first-order valence-electron chi connectivity index (χ1n) is 10.0. The quantitative estimate of drug-likeness (QED) is 0.585. The number of para-hydroxylation sites is 2. The molecule has 3 aromatic carbocycles. The highest BCUT2D eigenvalue weighted by Crippen LogP contribution is 2.49. The monoisotopic (exact) mass is 355 g/mol. The number of fused-ring (bicyclic) bond motifs is 2. The third-order valence-corrected chi connectivity index (χ3v) is 6.08. The van der Waals surface area contributed by atoms with Crippen LogP contribution in [0.4, 0.5) is 0 Å². The Morgan fingerprint density at radius 1 is 0.704 bits per heavy atom. The Morgan fingerprint density at radius 2 is 1.26 bits per heavy atom. The molecule has 2 heteroatoms. The van der Waals surface area contributed by atoms with Crippen LogP contribution in [0.2, 0.25) is 0 Å². The first-order valence-corrected chi connectivity index (χ1v) is 10.0. The molecule has 0 N–H and O–H groups in total. The number of hydrogen-bond acceptors (Lipinski definition) is 2. The SMILES string of the molecule is c1ccc(CN2CCC(C3c4ccccc4Oc4ccccc43)CC2)cc1. The number of nitrogens with zero attached hydrogens (tertiary/aromatic N) is 1. The molecule has 3 aromatic rings. The molecule has 5 rings (SSSR count). The van der Waals surface area contributed by atoms with Gasteiger partial charge >= 0.3 is 0 Å². The maximum absolute atomic E-state index is 6.19. The summed E-state index contributed by atoms with van der Waals surface area (Å²) in [4.78, 5) is 2.60. The Balaban J connectivity index is 1.37. The Morgan fingerprint density at radius 3 is 1.89 bits per heavy atom. The van der Waals surface area contributed by atoms with E-state index >= 15 is 0 Å². The first-order chi connectivity index (χ1) is 13.4. The molecule has 136 valence electrons. The van der Waals surface area contributed by atoms with Crippen molar-refractivity contribution in [2.24, 2.45) is 5.92 Å². The zero-order valence-corrected chi connectivity index (χ0v) is 15.6. The van der Waals surface area contributed by atoms with E-state index in [1.54, 1.807) is 0 Å². The first kappa shape index (κ1) is 16.6. The minimum absolute atomic E-state index is 0.449. The van der Waals surface area contributed by atoms with Crippen LogP contribution < -0.4 is 4.74 Å². The van der Waals surface area contributed by atoms with E-state index in [2.05, 4.69) is 83.8 Å². The van der Waals surface area contributed by atoms with E-state index in [0.717, 1.165) is 18.0 Å². The summed E-state index contributed by atoms with van der Waals surface area (Å²) in [6.45, 7) is 3.40. The average molecular weight is 355 g/mol. The second-order valence-electron chi connectivity index (χ2n) is 7.75. The number of piperidine rings is 1. The number of hydrogen-bond donors (Lipinski definition) is 0. The van der Waals surface area contributed by atoms with Crippen molar-refractivity contribution in [3.05, 3.63) is 95.6 Å². The molecule has 0 aromatic heterocycles. The molecule has 0 aliphatic carbocycles. The summed E-state index contributed by atoms with van der Waals surface area (Å²) in [5.74, 6) is 3.19. The van der Waals surface area contributed by atoms with Crippen LogP contribution in [-0.2, 0) is 6.54 Å². The highest BCUT2D eigenvalue weighted by molar-refractivity contribution is 5.53. The topological polar surface area (TPSA) is 12.5 Å². The Hall–Kier alpha value is -2.58. The maximum Gasteiger partial charge on any atom is 0.131 e. The third-order valence-electron chi connectivity index (χ3n) is 6.08. The highest BCUT2D eigenvalue weighted by Gasteiger charge is 2.34. The fourth-order valence-corrected chi connectivity index (χ4v) is 4.74. The third kappa shape index (κ3) is 3.26. The molecule has 0 atom stereocenters. The van der Waals surface area contributed by atoms with Gasteiger partial charge in [-0.15, -0.1) is 0 Å². The Labute approximate surface area is 161 Å². The number of benzene rings is 3. The van der Waals surface area contributed by atoms with Crippen LogP contribution >= 0.6 is 0 Å². The van der Waals surface area contributed by atoms with Gasteiger partial charge in [-0.3, -0.25) is 4.90 Å².